The minimum Gasteiger partial charge on any atom is -0.497 e. The molecule has 2 saturated heterocycles. The van der Waals surface area contributed by atoms with E-state index >= 15 is 4.39 Å². The lowest BCUT2D eigenvalue weighted by Gasteiger charge is -2.40. The molecule has 2 fully saturated rings. The van der Waals surface area contributed by atoms with E-state index in [2.05, 4.69) is 46.7 Å². The van der Waals surface area contributed by atoms with Crippen LogP contribution in [0.5, 0.6) is 23.0 Å². The summed E-state index contributed by atoms with van der Waals surface area (Å²) < 4.78 is 87.2. The number of halogens is 1. The summed E-state index contributed by atoms with van der Waals surface area (Å²) in [7, 11) is 6.26. The first-order chi connectivity index (χ1) is 51.5. The maximum Gasteiger partial charge on any atom is 0.280 e. The van der Waals surface area contributed by atoms with Crippen LogP contribution in [-0.4, -0.2) is 141 Å². The molecule has 106 heavy (non-hydrogen) atoms. The molecule has 29 heteroatoms. The third-order valence-corrected chi connectivity index (χ3v) is 21.3. The van der Waals surface area contributed by atoms with Gasteiger partial charge in [0.25, 0.3) is 18.1 Å². The molecule has 9 unspecified atom stereocenters. The monoisotopic (exact) mass is 1470 g/mol. The lowest BCUT2D eigenvalue weighted by Crippen LogP contribution is -2.45. The average molecular weight is 1480 g/mol. The summed E-state index contributed by atoms with van der Waals surface area (Å²) >= 11 is 6.53. The minimum absolute atomic E-state index is 0.0240. The van der Waals surface area contributed by atoms with E-state index in [9.17, 15) is 24.8 Å². The third-order valence-electron chi connectivity index (χ3n) is 18.7. The number of nitrogens with one attached hydrogen (secondary N) is 4. The molecular weight excluding hydrogens is 1400 g/mol. The zero-order valence-electron chi connectivity index (χ0n) is 58.4. The molecule has 9 atom stereocenters. The molecule has 13 rings (SSSR count). The number of nitriles is 1. The van der Waals surface area contributed by atoms with Crippen LogP contribution in [-0.2, 0) is 55.8 Å². The van der Waals surface area contributed by atoms with E-state index < -0.39 is 103 Å². The molecule has 2 aliphatic heterocycles. The molecule has 0 radical (unpaired) electrons. The number of nitrogens with zero attached hydrogens (tertiary/aromatic N) is 8. The lowest BCUT2D eigenvalue weighted by molar-refractivity contribution is -0.119. The van der Waals surface area contributed by atoms with Crippen molar-refractivity contribution in [2.24, 2.45) is 11.8 Å². The highest BCUT2D eigenvalue weighted by molar-refractivity contribution is 8.09. The van der Waals surface area contributed by atoms with E-state index in [0.29, 0.717) is 61.9 Å². The Bertz CT molecular complexity index is 4910. The van der Waals surface area contributed by atoms with Crippen LogP contribution in [0.2, 0.25) is 0 Å². The first-order valence-electron chi connectivity index (χ1n) is 34.0. The topological polar surface area (TPSA) is 314 Å². The van der Waals surface area contributed by atoms with Crippen molar-refractivity contribution in [2.75, 3.05) is 65.5 Å². The number of hydrogen-bond donors (Lipinski definition) is 5. The van der Waals surface area contributed by atoms with Gasteiger partial charge < -0.3 is 57.4 Å². The number of H-pyrrole nitrogens is 1. The maximum absolute atomic E-state index is 18.9. The van der Waals surface area contributed by atoms with Gasteiger partial charge >= 0.3 is 0 Å². The second-order valence-corrected chi connectivity index (χ2v) is 28.5. The SMILES string of the molecule is COc1ccc(C(OCC2OC(n3cnc4c(NC(=O)c5ccccc5)ncnc43)C(F)C2NP(=S)(OCCC#N)OCC2OC(n3cnc4c(=O)[nH]c(NC(=O)C(C)C)nc43)C(OC(c3ccccc3)(c3ccc(OC)cc3)c3ccc(OC)cc3)C2CO)(c2ccccc2)c2ccc(OC)cc2)cc1. The van der Waals surface area contributed by atoms with Crippen LogP contribution in [0.4, 0.5) is 16.2 Å². The van der Waals surface area contributed by atoms with Crippen LogP contribution < -0.4 is 40.2 Å². The molecular formula is C77H76FN12O14PS. The second-order valence-electron chi connectivity index (χ2n) is 25.3. The van der Waals surface area contributed by atoms with Crippen molar-refractivity contribution < 1.29 is 66.0 Å². The number of ether oxygens (including phenoxy) is 8. The fraction of sp³-hybridized carbons (Fsp3) is 0.286. The maximum atomic E-state index is 18.9. The van der Waals surface area contributed by atoms with E-state index in [4.69, 9.17) is 63.7 Å². The number of aromatic nitrogens is 8. The molecule has 0 aliphatic carbocycles. The molecule has 0 bridgehead atoms. The number of methoxy groups -OCH3 is 4. The molecule has 6 heterocycles. The zero-order valence-corrected chi connectivity index (χ0v) is 60.1. The number of carbonyl (C=O) groups excluding carboxylic acids is 2. The summed E-state index contributed by atoms with van der Waals surface area (Å²) in [5.74, 6) is -0.341. The molecule has 546 valence electrons. The molecule has 26 nitrogen and oxygen atoms in total. The number of aromatic amines is 1. The van der Waals surface area contributed by atoms with Crippen molar-refractivity contribution in [3.63, 3.8) is 0 Å². The summed E-state index contributed by atoms with van der Waals surface area (Å²) in [6.07, 6.45) is -5.03. The van der Waals surface area contributed by atoms with E-state index in [-0.39, 0.29) is 53.7 Å². The highest BCUT2D eigenvalue weighted by atomic mass is 32.5. The normalized spacial score (nSPS) is 19.4. The Hall–Kier alpha value is -10.7. The highest BCUT2D eigenvalue weighted by Crippen LogP contribution is 2.53. The number of carbonyl (C=O) groups is 2. The van der Waals surface area contributed by atoms with Gasteiger partial charge in [0.1, 0.15) is 52.7 Å². The Morgan fingerprint density at radius 3 is 1.67 bits per heavy atom. The molecule has 5 N–H and O–H groups in total. The van der Waals surface area contributed by atoms with Crippen LogP contribution in [0.15, 0.2) is 212 Å². The van der Waals surface area contributed by atoms with Crippen LogP contribution in [0, 0.1) is 23.2 Å². The number of amides is 2. The molecule has 4 aromatic heterocycles. The Kier molecular flexibility index (Phi) is 22.5. The van der Waals surface area contributed by atoms with Gasteiger partial charge in [-0.2, -0.15) is 10.2 Å². The van der Waals surface area contributed by atoms with Gasteiger partial charge in [-0.25, -0.2) is 29.4 Å². The lowest BCUT2D eigenvalue weighted by atomic mass is 9.79. The van der Waals surface area contributed by atoms with E-state index in [0.717, 1.165) is 0 Å². The van der Waals surface area contributed by atoms with Gasteiger partial charge in [-0.05, 0) is 106 Å². The quantitative estimate of drug-likeness (QED) is 0.0159. The summed E-state index contributed by atoms with van der Waals surface area (Å²) in [6, 6.07) is 57.5. The summed E-state index contributed by atoms with van der Waals surface area (Å²) in [6.45, 7) is -2.64. The molecule has 7 aromatic carbocycles. The number of aliphatic hydroxyl groups is 1. The molecule has 0 spiro atoms. The largest absolute Gasteiger partial charge is 0.497 e. The van der Waals surface area contributed by atoms with E-state index in [1.54, 1.807) is 96.9 Å². The number of fused-ring (bicyclic) bond motifs is 2. The van der Waals surface area contributed by atoms with Crippen molar-refractivity contribution in [1.82, 2.24) is 44.1 Å². The standard InChI is InChI=1S/C77H76FN12O14PS/c1-47(2)70(92)86-75-85-69-65(72(94)87-75)83-46-90(69)74-66(104-77(50-21-14-9-15-22-50,53-27-35-57(97-5)36-28-53)54-29-37-58(98-6)38-30-54)59(41-91)60(102-74)43-101-105(106,100-40-16-39-79)88-63-61(103-73(62(63)78)89-45-82-64-67(80-44-81-68(64)89)84-71(93)48-17-10-7-11-18-48)42-99-76(49-19-12-8-13-20-49,51-23-31-55(95-3)32-24-51)52-25-33-56(96-4)34-26-52/h7-15,17-38,44-47,59-63,66,73-74,91H,16,40-43H2,1-6H3,(H,88,106)(H,80,81,84,93)(H2,85,86,87,92,94). The number of aliphatic hydroxyl groups excluding tert-OH is 1. The van der Waals surface area contributed by atoms with Crippen LogP contribution in [0.25, 0.3) is 22.3 Å². The summed E-state index contributed by atoms with van der Waals surface area (Å²) in [5.41, 5.74) is 0.596. The minimum atomic E-state index is -4.21. The third kappa shape index (κ3) is 14.9. The smallest absolute Gasteiger partial charge is 0.280 e. The summed E-state index contributed by atoms with van der Waals surface area (Å²) in [4.78, 5) is 66.2. The van der Waals surface area contributed by atoms with E-state index in [1.807, 2.05) is 133 Å². The van der Waals surface area contributed by atoms with Crippen molar-refractivity contribution in [3.8, 4) is 29.1 Å². The van der Waals surface area contributed by atoms with Crippen LogP contribution in [0.3, 0.4) is 0 Å². The molecule has 11 aromatic rings. The molecule has 0 saturated carbocycles. The first-order valence-corrected chi connectivity index (χ1v) is 36.6. The van der Waals surface area contributed by atoms with Crippen molar-refractivity contribution >= 4 is 64.4 Å². The average Bonchev–Trinajstić information content (AvgIpc) is 1.36. The van der Waals surface area contributed by atoms with Crippen molar-refractivity contribution in [1.29, 1.82) is 5.26 Å². The zero-order chi connectivity index (χ0) is 74.1. The van der Waals surface area contributed by atoms with Gasteiger partial charge in [0.2, 0.25) is 11.9 Å². The van der Waals surface area contributed by atoms with Gasteiger partial charge in [0.15, 0.2) is 46.8 Å². The number of benzene rings is 7. The molecule has 2 amide bonds. The fourth-order valence-corrected chi connectivity index (χ4v) is 15.6. The first kappa shape index (κ1) is 73.6. The Morgan fingerprint density at radius 1 is 0.642 bits per heavy atom. The van der Waals surface area contributed by atoms with Crippen molar-refractivity contribution in [2.45, 2.75) is 74.5 Å². The number of imidazole rings is 2. The van der Waals surface area contributed by atoms with Crippen LogP contribution >= 0.6 is 6.64 Å². The Balaban J connectivity index is 0.915. The van der Waals surface area contributed by atoms with Gasteiger partial charge in [-0.15, -0.1) is 0 Å². The van der Waals surface area contributed by atoms with Gasteiger partial charge in [-0.1, -0.05) is 141 Å². The highest BCUT2D eigenvalue weighted by Gasteiger charge is 2.54. The van der Waals surface area contributed by atoms with Crippen molar-refractivity contribution in [3.05, 3.63) is 256 Å². The van der Waals surface area contributed by atoms with E-state index in [1.165, 1.54) is 28.1 Å². The second kappa shape index (κ2) is 32.4. The van der Waals surface area contributed by atoms with Gasteiger partial charge in [-0.3, -0.25) is 33.8 Å². The van der Waals surface area contributed by atoms with Crippen LogP contribution in [0.1, 0.15) is 76.5 Å². The Labute approximate surface area is 613 Å². The predicted molar refractivity (Wildman–Crippen MR) is 393 cm³/mol. The van der Waals surface area contributed by atoms with Gasteiger partial charge in [0.05, 0.1) is 92.2 Å². The number of alkyl halides is 1. The number of hydrogen-bond acceptors (Lipinski definition) is 21. The van der Waals surface area contributed by atoms with Gasteiger partial charge in [0, 0.05) is 17.4 Å². The number of rotatable bonds is 30. The molecule has 2 aliphatic rings. The summed E-state index contributed by atoms with van der Waals surface area (Å²) in [5, 5.41) is 31.0. The fourth-order valence-electron chi connectivity index (χ4n) is 13.3. The Morgan fingerprint density at radius 2 is 1.14 bits per heavy atom. The number of anilines is 2. The predicted octanol–water partition coefficient (Wildman–Crippen LogP) is 11.1.